The molecule has 37 heavy (non-hydrogen) atoms. The molecule has 202 valence electrons. The quantitative estimate of drug-likeness (QED) is 0.283. The van der Waals surface area contributed by atoms with E-state index in [4.69, 9.17) is 17.0 Å². The van der Waals surface area contributed by atoms with Crippen LogP contribution in [0.5, 0.6) is 0 Å². The van der Waals surface area contributed by atoms with Gasteiger partial charge >= 0.3 is 0 Å². The molecule has 2 aliphatic rings. The lowest BCUT2D eigenvalue weighted by Crippen LogP contribution is -2.39. The van der Waals surface area contributed by atoms with Crippen LogP contribution in [-0.2, 0) is 10.2 Å². The van der Waals surface area contributed by atoms with Crippen LogP contribution in [-0.4, -0.2) is 60.0 Å². The Labute approximate surface area is 226 Å². The summed E-state index contributed by atoms with van der Waals surface area (Å²) in [6.45, 7) is 15.1. The normalized spacial score (nSPS) is 22.7. The Morgan fingerprint density at radius 3 is 2.51 bits per heavy atom. The highest BCUT2D eigenvalue weighted by Crippen LogP contribution is 2.43. The van der Waals surface area contributed by atoms with Gasteiger partial charge in [-0.25, -0.2) is 14.7 Å². The van der Waals surface area contributed by atoms with Gasteiger partial charge in [0, 0.05) is 38.6 Å². The van der Waals surface area contributed by atoms with Gasteiger partial charge in [0.2, 0.25) is 0 Å². The minimum Gasteiger partial charge on any atom is -0.355 e. The van der Waals surface area contributed by atoms with E-state index in [0.717, 1.165) is 29.7 Å². The third-order valence-electron chi connectivity index (χ3n) is 7.18. The van der Waals surface area contributed by atoms with Gasteiger partial charge in [0.25, 0.3) is 10.2 Å². The summed E-state index contributed by atoms with van der Waals surface area (Å²) in [5.74, 6) is 1.45. The summed E-state index contributed by atoms with van der Waals surface area (Å²) < 4.78 is 28.9. The SMILES string of the molecule is C=C/C(=C\N(C)C(=C)C)CCC(=N)c1ncc(Cl)c(/C(C)=C\C2CC3CN(S(=O)(=O)NCC)CC3C2)n1. The molecule has 0 radical (unpaired) electrons. The predicted molar refractivity (Wildman–Crippen MR) is 151 cm³/mol. The average molecular weight is 547 g/mol. The maximum atomic E-state index is 12.4. The van der Waals surface area contributed by atoms with E-state index < -0.39 is 10.2 Å². The minimum absolute atomic E-state index is 0.342. The summed E-state index contributed by atoms with van der Waals surface area (Å²) >= 11 is 6.46. The van der Waals surface area contributed by atoms with Crippen LogP contribution in [0.15, 0.2) is 49.0 Å². The first-order chi connectivity index (χ1) is 17.4. The molecule has 0 spiro atoms. The largest absolute Gasteiger partial charge is 0.355 e. The molecule has 0 bridgehead atoms. The molecule has 0 aromatic carbocycles. The highest BCUT2D eigenvalue weighted by molar-refractivity contribution is 7.87. The van der Waals surface area contributed by atoms with Gasteiger partial charge in [-0.1, -0.05) is 43.8 Å². The first-order valence-corrected chi connectivity index (χ1v) is 14.5. The van der Waals surface area contributed by atoms with E-state index in [0.29, 0.717) is 72.5 Å². The van der Waals surface area contributed by atoms with Crippen LogP contribution in [0, 0.1) is 23.2 Å². The number of rotatable bonds is 12. The third-order valence-corrected chi connectivity index (χ3v) is 9.09. The Morgan fingerprint density at radius 1 is 1.30 bits per heavy atom. The summed E-state index contributed by atoms with van der Waals surface area (Å²) in [7, 11) is -1.45. The maximum absolute atomic E-state index is 12.4. The molecule has 2 fully saturated rings. The molecule has 2 atom stereocenters. The Bertz CT molecular complexity index is 1200. The Hall–Kier alpha value is -2.33. The molecule has 2 unspecified atom stereocenters. The van der Waals surface area contributed by atoms with Crippen LogP contribution in [0.2, 0.25) is 5.02 Å². The van der Waals surface area contributed by atoms with Gasteiger partial charge in [-0.3, -0.25) is 0 Å². The Balaban J connectivity index is 1.65. The zero-order valence-electron chi connectivity index (χ0n) is 22.3. The molecule has 1 aliphatic heterocycles. The van der Waals surface area contributed by atoms with Crippen molar-refractivity contribution in [1.29, 1.82) is 5.41 Å². The molecule has 10 heteroatoms. The number of halogens is 1. The van der Waals surface area contributed by atoms with Crippen LogP contribution >= 0.6 is 11.6 Å². The smallest absolute Gasteiger partial charge is 0.279 e. The molecule has 2 N–H and O–H groups in total. The monoisotopic (exact) mass is 546 g/mol. The van der Waals surface area contributed by atoms with Crippen molar-refractivity contribution < 1.29 is 8.42 Å². The molecule has 1 aromatic rings. The molecular weight excluding hydrogens is 508 g/mol. The van der Waals surface area contributed by atoms with Crippen LogP contribution in [0.1, 0.15) is 58.0 Å². The van der Waals surface area contributed by atoms with Crippen molar-refractivity contribution in [1.82, 2.24) is 23.9 Å². The second kappa shape index (κ2) is 12.5. The van der Waals surface area contributed by atoms with Crippen LogP contribution in [0.25, 0.3) is 5.57 Å². The minimum atomic E-state index is -3.38. The molecule has 1 saturated heterocycles. The van der Waals surface area contributed by atoms with Crippen LogP contribution < -0.4 is 4.72 Å². The van der Waals surface area contributed by atoms with E-state index >= 15 is 0 Å². The lowest BCUT2D eigenvalue weighted by Gasteiger charge is -2.18. The summed E-state index contributed by atoms with van der Waals surface area (Å²) in [6.07, 6.45) is 10.5. The van der Waals surface area contributed by atoms with Gasteiger partial charge in [0.15, 0.2) is 5.82 Å². The fourth-order valence-corrected chi connectivity index (χ4v) is 6.65. The summed E-state index contributed by atoms with van der Waals surface area (Å²) in [4.78, 5) is 10.9. The van der Waals surface area contributed by atoms with Crippen molar-refractivity contribution in [3.8, 4) is 0 Å². The number of allylic oxidation sites excluding steroid dienone is 5. The standard InChI is InChI=1S/C27H39ClN6O2S/c1-7-20(15-33(6)18(3)4)9-10-25(29)27-30-14-24(28)26(32-27)19(5)11-21-12-22-16-34(17-23(22)13-21)37(35,36)31-8-2/h7,11,14-15,21-23,29,31H,1,3,8-10,12-13,16-17H2,2,4-6H3/b19-11-,20-15+,29-25?. The lowest BCUT2D eigenvalue weighted by atomic mass is 10.0. The van der Waals surface area contributed by atoms with Crippen molar-refractivity contribution in [3.63, 3.8) is 0 Å². The van der Waals surface area contributed by atoms with Crippen molar-refractivity contribution in [2.45, 2.75) is 46.5 Å². The summed E-state index contributed by atoms with van der Waals surface area (Å²) in [5.41, 5.74) is 3.87. The second-order valence-corrected chi connectivity index (χ2v) is 12.2. The molecule has 2 heterocycles. The average Bonchev–Trinajstić information content (AvgIpc) is 3.40. The van der Waals surface area contributed by atoms with Crippen LogP contribution in [0.4, 0.5) is 0 Å². The fraction of sp³-hybridized carbons (Fsp3) is 0.519. The number of aromatic nitrogens is 2. The van der Waals surface area contributed by atoms with Crippen molar-refractivity contribution in [2.75, 3.05) is 26.7 Å². The summed E-state index contributed by atoms with van der Waals surface area (Å²) in [6, 6.07) is 0. The zero-order chi connectivity index (χ0) is 27.3. The highest BCUT2D eigenvalue weighted by Gasteiger charge is 2.43. The van der Waals surface area contributed by atoms with Gasteiger partial charge in [0.1, 0.15) is 0 Å². The van der Waals surface area contributed by atoms with Gasteiger partial charge in [0.05, 0.1) is 22.6 Å². The lowest BCUT2D eigenvalue weighted by molar-refractivity contribution is 0.424. The van der Waals surface area contributed by atoms with E-state index in [1.807, 2.05) is 32.0 Å². The first kappa shape index (κ1) is 29.2. The van der Waals surface area contributed by atoms with E-state index in [2.05, 4.69) is 33.9 Å². The van der Waals surface area contributed by atoms with E-state index in [1.165, 1.54) is 0 Å². The van der Waals surface area contributed by atoms with Crippen molar-refractivity contribution >= 4 is 33.1 Å². The molecule has 8 nitrogen and oxygen atoms in total. The maximum Gasteiger partial charge on any atom is 0.279 e. The number of hydrogen-bond acceptors (Lipinski definition) is 6. The molecule has 1 saturated carbocycles. The van der Waals surface area contributed by atoms with Crippen LogP contribution in [0.3, 0.4) is 0 Å². The van der Waals surface area contributed by atoms with Gasteiger partial charge in [-0.05, 0) is 68.4 Å². The molecule has 3 rings (SSSR count). The highest BCUT2D eigenvalue weighted by atomic mass is 35.5. The molecular formula is C27H39ClN6O2S. The molecule has 1 aromatic heterocycles. The number of fused-ring (bicyclic) bond motifs is 1. The Morgan fingerprint density at radius 2 is 1.95 bits per heavy atom. The van der Waals surface area contributed by atoms with E-state index in [-0.39, 0.29) is 0 Å². The van der Waals surface area contributed by atoms with Gasteiger partial charge in [-0.15, -0.1) is 0 Å². The van der Waals surface area contributed by atoms with Gasteiger partial charge in [-0.2, -0.15) is 12.7 Å². The molecule has 1 aliphatic carbocycles. The van der Waals surface area contributed by atoms with Gasteiger partial charge < -0.3 is 10.3 Å². The Kier molecular flexibility index (Phi) is 9.86. The number of nitrogens with zero attached hydrogens (tertiary/aromatic N) is 4. The van der Waals surface area contributed by atoms with Crippen molar-refractivity contribution in [2.24, 2.45) is 17.8 Å². The summed E-state index contributed by atoms with van der Waals surface area (Å²) in [5, 5.41) is 9.00. The molecule has 0 amide bonds. The van der Waals surface area contributed by atoms with E-state index in [1.54, 1.807) is 23.5 Å². The third kappa shape index (κ3) is 7.37. The number of hydrogen-bond donors (Lipinski definition) is 2. The fourth-order valence-electron chi connectivity index (χ4n) is 5.09. The second-order valence-electron chi connectivity index (χ2n) is 10.0. The first-order valence-electron chi connectivity index (χ1n) is 12.7. The van der Waals surface area contributed by atoms with Crippen molar-refractivity contribution in [3.05, 3.63) is 65.5 Å². The zero-order valence-corrected chi connectivity index (χ0v) is 23.9. The number of nitrogens with one attached hydrogen (secondary N) is 2. The van der Waals surface area contributed by atoms with E-state index in [9.17, 15) is 8.42 Å². The topological polar surface area (TPSA) is 102 Å². The predicted octanol–water partition coefficient (Wildman–Crippen LogP) is 5.03.